The van der Waals surface area contributed by atoms with Crippen LogP contribution in [0, 0.1) is 13.8 Å². The number of rotatable bonds is 6. The average Bonchev–Trinajstić information content (AvgIpc) is 2.67. The van der Waals surface area contributed by atoms with E-state index >= 15 is 0 Å². The first kappa shape index (κ1) is 21.2. The van der Waals surface area contributed by atoms with Gasteiger partial charge in [0.2, 0.25) is 11.7 Å². The Morgan fingerprint density at radius 1 is 1.23 bits per heavy atom. The van der Waals surface area contributed by atoms with Gasteiger partial charge in [-0.05, 0) is 61.3 Å². The van der Waals surface area contributed by atoms with Gasteiger partial charge in [0.1, 0.15) is 11.6 Å². The number of methoxy groups -OCH3 is 1. The quantitative estimate of drug-likeness (QED) is 0.724. The van der Waals surface area contributed by atoms with Gasteiger partial charge in [-0.25, -0.2) is 4.39 Å². The predicted molar refractivity (Wildman–Crippen MR) is 108 cm³/mol. The zero-order valence-corrected chi connectivity index (χ0v) is 16.6. The van der Waals surface area contributed by atoms with E-state index in [0.717, 1.165) is 0 Å². The number of nitrogens with zero attached hydrogens (tertiary/aromatic N) is 2. The molecule has 0 amide bonds. The fraction of sp³-hybridized carbons (Fsp3) is 0.238. The summed E-state index contributed by atoms with van der Waals surface area (Å²) in [6.45, 7) is 0.398. The molecule has 2 aromatic rings. The first-order chi connectivity index (χ1) is 14.3. The second-order valence-corrected chi connectivity index (χ2v) is 6.62. The van der Waals surface area contributed by atoms with Gasteiger partial charge in [-0.1, -0.05) is 6.08 Å². The molecule has 1 aliphatic rings. The van der Waals surface area contributed by atoms with Crippen LogP contribution in [0.1, 0.15) is 17.5 Å². The lowest BCUT2D eigenvalue weighted by Crippen LogP contribution is -2.16. The van der Waals surface area contributed by atoms with E-state index in [4.69, 9.17) is 4.74 Å². The zero-order valence-electron chi connectivity index (χ0n) is 16.6. The third kappa shape index (κ3) is 4.91. The summed E-state index contributed by atoms with van der Waals surface area (Å²) in [6.07, 6.45) is 7.98. The lowest BCUT2D eigenvalue weighted by atomic mass is 10.1. The Hall–Kier alpha value is -3.49. The van der Waals surface area contributed by atoms with E-state index in [1.807, 2.05) is 0 Å². The molecule has 30 heavy (non-hydrogen) atoms. The molecule has 9 heteroatoms. The van der Waals surface area contributed by atoms with Crippen molar-refractivity contribution in [1.82, 2.24) is 9.55 Å². The van der Waals surface area contributed by atoms with Gasteiger partial charge < -0.3 is 14.8 Å². The van der Waals surface area contributed by atoms with Crippen LogP contribution in [0.15, 0.2) is 52.8 Å². The molecule has 0 saturated heterocycles. The van der Waals surface area contributed by atoms with Crippen LogP contribution >= 0.6 is 0 Å². The summed E-state index contributed by atoms with van der Waals surface area (Å²) in [6, 6.07) is 3.09. The second-order valence-electron chi connectivity index (χ2n) is 6.62. The van der Waals surface area contributed by atoms with Crippen LogP contribution in [0.3, 0.4) is 0 Å². The van der Waals surface area contributed by atoms with E-state index < -0.39 is 12.2 Å². The monoisotopic (exact) mass is 419 g/mol. The van der Waals surface area contributed by atoms with Crippen LogP contribution in [0.2, 0.25) is 0 Å². The first-order valence-electron chi connectivity index (χ1n) is 9.01. The molecule has 0 saturated carbocycles. The van der Waals surface area contributed by atoms with Crippen molar-refractivity contribution < 1.29 is 22.6 Å². The summed E-state index contributed by atoms with van der Waals surface area (Å²) < 4.78 is 49.8. The molecule has 0 bridgehead atoms. The highest BCUT2D eigenvalue weighted by Gasteiger charge is 2.14. The van der Waals surface area contributed by atoms with E-state index in [1.165, 1.54) is 36.1 Å². The van der Waals surface area contributed by atoms with E-state index in [9.17, 15) is 18.0 Å². The summed E-state index contributed by atoms with van der Waals surface area (Å²) >= 11 is 0. The fourth-order valence-electron chi connectivity index (χ4n) is 2.91. The van der Waals surface area contributed by atoms with Gasteiger partial charge in [-0.3, -0.25) is 9.36 Å². The number of benzene rings is 1. The lowest BCUT2D eigenvalue weighted by molar-refractivity contribution is -0.0503. The minimum Gasteiger partial charge on any atom is -0.490 e. The number of aryl methyl sites for hydroxylation is 2. The van der Waals surface area contributed by atoms with Crippen LogP contribution in [0.5, 0.6) is 11.5 Å². The Morgan fingerprint density at radius 3 is 2.67 bits per heavy atom. The number of hydrogen-bond acceptors (Lipinski definition) is 5. The summed E-state index contributed by atoms with van der Waals surface area (Å²) in [5.74, 6) is -0.155. The van der Waals surface area contributed by atoms with Crippen LogP contribution in [-0.4, -0.2) is 23.3 Å². The highest BCUT2D eigenvalue weighted by Crippen LogP contribution is 2.29. The molecule has 1 N–H and O–H groups in total. The van der Waals surface area contributed by atoms with Crippen molar-refractivity contribution in [2.24, 2.45) is 0 Å². The van der Waals surface area contributed by atoms with Gasteiger partial charge in [-0.2, -0.15) is 13.8 Å². The molecule has 0 radical (unpaired) electrons. The molecule has 1 heterocycles. The van der Waals surface area contributed by atoms with Crippen molar-refractivity contribution in [3.05, 3.63) is 69.4 Å². The number of ether oxygens (including phenoxy) is 2. The largest absolute Gasteiger partial charge is 0.490 e. The van der Waals surface area contributed by atoms with E-state index in [1.54, 1.807) is 32.2 Å². The highest BCUT2D eigenvalue weighted by molar-refractivity contribution is 5.64. The molecule has 1 aromatic heterocycles. The van der Waals surface area contributed by atoms with Crippen molar-refractivity contribution in [3.63, 3.8) is 0 Å². The fourth-order valence-corrected chi connectivity index (χ4v) is 2.91. The summed E-state index contributed by atoms with van der Waals surface area (Å²) in [5, 5.41) is 3.03. The van der Waals surface area contributed by atoms with Gasteiger partial charge in [0.05, 0.1) is 13.3 Å². The molecule has 0 unspecified atom stereocenters. The standard InChI is InChI=1S/C21H20F3N3O3/c1-12-8-17(30-20(23)24)13(2)7-16(12)25-21-26-19(28)18(29-3)11-27(21)10-14-5-4-6-15(22)9-14/h4,6-11,20H,5H2,1-3H3,(H,25,26,28)/b14-10+. The number of allylic oxidation sites excluding steroid dienone is 5. The number of halogens is 3. The summed E-state index contributed by atoms with van der Waals surface area (Å²) in [7, 11) is 1.35. The van der Waals surface area contributed by atoms with Gasteiger partial charge in [0.15, 0.2) is 0 Å². The Bertz CT molecular complexity index is 1100. The van der Waals surface area contributed by atoms with Crippen LogP contribution in [0.25, 0.3) is 6.20 Å². The molecule has 0 fully saturated rings. The van der Waals surface area contributed by atoms with Crippen LogP contribution in [-0.2, 0) is 0 Å². The topological polar surface area (TPSA) is 65.4 Å². The third-order valence-electron chi connectivity index (χ3n) is 4.38. The molecular weight excluding hydrogens is 399 g/mol. The molecular formula is C21H20F3N3O3. The third-order valence-corrected chi connectivity index (χ3v) is 4.38. The maximum Gasteiger partial charge on any atom is 0.387 e. The summed E-state index contributed by atoms with van der Waals surface area (Å²) in [5.41, 5.74) is 1.69. The van der Waals surface area contributed by atoms with Gasteiger partial charge in [0, 0.05) is 11.9 Å². The SMILES string of the molecule is COc1cn(/C=C2/C=C(F)C=CC2)c(Nc2cc(C)c(OC(F)F)cc2C)nc1=O. The Balaban J connectivity index is 2.03. The molecule has 1 aromatic carbocycles. The minimum absolute atomic E-state index is 0.0155. The van der Waals surface area contributed by atoms with Crippen LogP contribution < -0.4 is 20.3 Å². The maximum absolute atomic E-state index is 13.6. The number of hydrogen-bond donors (Lipinski definition) is 1. The maximum atomic E-state index is 13.6. The van der Waals surface area contributed by atoms with Gasteiger partial charge >= 0.3 is 12.2 Å². The second kappa shape index (κ2) is 8.89. The Kier molecular flexibility index (Phi) is 6.29. The van der Waals surface area contributed by atoms with E-state index in [0.29, 0.717) is 28.8 Å². The normalized spacial score (nSPS) is 14.8. The lowest BCUT2D eigenvalue weighted by Gasteiger charge is -2.17. The van der Waals surface area contributed by atoms with E-state index in [-0.39, 0.29) is 23.3 Å². The molecule has 6 nitrogen and oxygen atoms in total. The number of alkyl halides is 2. The van der Waals surface area contributed by atoms with Gasteiger partial charge in [0.25, 0.3) is 0 Å². The van der Waals surface area contributed by atoms with Crippen molar-refractivity contribution in [2.45, 2.75) is 26.9 Å². The molecule has 0 spiro atoms. The smallest absolute Gasteiger partial charge is 0.387 e. The molecule has 0 aliphatic heterocycles. The van der Waals surface area contributed by atoms with Crippen molar-refractivity contribution >= 4 is 17.8 Å². The van der Waals surface area contributed by atoms with E-state index in [2.05, 4.69) is 15.0 Å². The summed E-state index contributed by atoms with van der Waals surface area (Å²) in [4.78, 5) is 16.2. The minimum atomic E-state index is -2.93. The van der Waals surface area contributed by atoms with Gasteiger partial charge in [-0.15, -0.1) is 0 Å². The van der Waals surface area contributed by atoms with Crippen molar-refractivity contribution in [1.29, 1.82) is 0 Å². The highest BCUT2D eigenvalue weighted by atomic mass is 19.3. The molecule has 0 atom stereocenters. The number of nitrogens with one attached hydrogen (secondary N) is 1. The number of anilines is 2. The zero-order chi connectivity index (χ0) is 21.8. The molecule has 158 valence electrons. The Labute approximate surface area is 171 Å². The molecule has 3 rings (SSSR count). The molecule has 1 aliphatic carbocycles. The predicted octanol–water partition coefficient (Wildman–Crippen LogP) is 4.87. The Morgan fingerprint density at radius 2 is 2.00 bits per heavy atom. The number of aromatic nitrogens is 2. The van der Waals surface area contributed by atoms with Crippen molar-refractivity contribution in [3.8, 4) is 11.5 Å². The van der Waals surface area contributed by atoms with Crippen molar-refractivity contribution in [2.75, 3.05) is 12.4 Å². The first-order valence-corrected chi connectivity index (χ1v) is 9.01. The van der Waals surface area contributed by atoms with Crippen LogP contribution in [0.4, 0.5) is 24.8 Å². The average molecular weight is 419 g/mol.